The number of esters is 1. The molecular weight excluding hydrogens is 254 g/mol. The molecule has 0 bridgehead atoms. The minimum atomic E-state index is -0.322. The molecule has 0 unspecified atom stereocenters. The van der Waals surface area contributed by atoms with Crippen LogP contribution in [0.25, 0.3) is 21.6 Å². The van der Waals surface area contributed by atoms with Gasteiger partial charge in [0.1, 0.15) is 0 Å². The zero-order chi connectivity index (χ0) is 14.4. The molecule has 20 heavy (non-hydrogen) atoms. The number of ether oxygens (including phenoxy) is 1. The largest absolute Gasteiger partial charge is 0.462 e. The quantitative estimate of drug-likeness (QED) is 0.354. The molecule has 100 valence electrons. The van der Waals surface area contributed by atoms with Crippen LogP contribution in [0.4, 0.5) is 5.69 Å². The Kier molecular flexibility index (Phi) is 4.37. The zero-order valence-electron chi connectivity index (χ0n) is 11.0. The Balaban J connectivity index is 2.21. The van der Waals surface area contributed by atoms with Gasteiger partial charge in [0.2, 0.25) is 0 Å². The fourth-order valence-corrected chi connectivity index (χ4v) is 1.79. The molecule has 0 amide bonds. The molecule has 0 N–H and O–H groups in total. The predicted octanol–water partition coefficient (Wildman–Crippen LogP) is 4.47. The van der Waals surface area contributed by atoms with Crippen molar-refractivity contribution < 1.29 is 9.53 Å². The van der Waals surface area contributed by atoms with Gasteiger partial charge < -0.3 is 4.74 Å². The summed E-state index contributed by atoms with van der Waals surface area (Å²) in [6.45, 7) is 2.14. The maximum Gasteiger partial charge on any atom is 0.338 e. The second kappa shape index (κ2) is 6.41. The Hall–Kier alpha value is -2.78. The average Bonchev–Trinajstić information content (AvgIpc) is 2.49. The molecule has 0 saturated heterocycles. The third-order valence-corrected chi connectivity index (χ3v) is 2.76. The van der Waals surface area contributed by atoms with Crippen LogP contribution in [0.1, 0.15) is 17.3 Å². The summed E-state index contributed by atoms with van der Waals surface area (Å²) >= 11 is 0. The van der Waals surface area contributed by atoms with Gasteiger partial charge in [-0.15, -0.1) is 0 Å². The molecule has 0 aliphatic rings. The van der Waals surface area contributed by atoms with Gasteiger partial charge in [0, 0.05) is 10.6 Å². The van der Waals surface area contributed by atoms with Crippen molar-refractivity contribution >= 4 is 11.7 Å². The molecule has 2 rings (SSSR count). The van der Waals surface area contributed by atoms with Gasteiger partial charge in [-0.2, -0.15) is 0 Å². The summed E-state index contributed by atoms with van der Waals surface area (Å²) in [6, 6.07) is 14.4. The number of hydrogen-bond donors (Lipinski definition) is 0. The molecule has 5 nitrogen and oxygen atoms in total. The fraction of sp³-hybridized carbons (Fsp3) is 0.133. The predicted molar refractivity (Wildman–Crippen MR) is 76.6 cm³/mol. The van der Waals surface area contributed by atoms with Gasteiger partial charge in [-0.3, -0.25) is 0 Å². The zero-order valence-corrected chi connectivity index (χ0v) is 11.0. The van der Waals surface area contributed by atoms with E-state index in [1.54, 1.807) is 31.2 Å². The van der Waals surface area contributed by atoms with Crippen LogP contribution in [-0.4, -0.2) is 12.6 Å². The summed E-state index contributed by atoms with van der Waals surface area (Å²) in [7, 11) is 0. The minimum absolute atomic E-state index is 0.322. The topological polar surface area (TPSA) is 75.1 Å². The van der Waals surface area contributed by atoms with Gasteiger partial charge in [-0.25, -0.2) is 4.79 Å². The van der Waals surface area contributed by atoms with Crippen molar-refractivity contribution in [2.24, 2.45) is 5.11 Å². The van der Waals surface area contributed by atoms with E-state index in [4.69, 9.17) is 10.3 Å². The van der Waals surface area contributed by atoms with E-state index in [9.17, 15) is 4.79 Å². The first-order valence-corrected chi connectivity index (χ1v) is 6.17. The van der Waals surface area contributed by atoms with E-state index in [0.29, 0.717) is 17.9 Å². The first-order valence-electron chi connectivity index (χ1n) is 6.17. The van der Waals surface area contributed by atoms with Crippen LogP contribution >= 0.6 is 0 Å². The Morgan fingerprint density at radius 3 is 2.15 bits per heavy atom. The number of azide groups is 1. The molecule has 0 heterocycles. The van der Waals surface area contributed by atoms with Gasteiger partial charge in [0.25, 0.3) is 0 Å². The molecule has 0 aliphatic heterocycles. The second-order valence-electron chi connectivity index (χ2n) is 4.03. The van der Waals surface area contributed by atoms with Crippen molar-refractivity contribution in [2.45, 2.75) is 6.92 Å². The standard InChI is InChI=1S/C15H13N3O2/c1-2-20-15(19)13-5-3-11(4-6-13)12-7-9-14(10-8-12)17-18-16/h3-10H,2H2,1H3. The summed E-state index contributed by atoms with van der Waals surface area (Å²) in [5.41, 5.74) is 11.4. The normalized spacial score (nSPS) is 9.65. The number of carbonyl (C=O) groups excluding carboxylic acids is 1. The van der Waals surface area contributed by atoms with E-state index in [2.05, 4.69) is 10.0 Å². The highest BCUT2D eigenvalue weighted by Gasteiger charge is 2.06. The summed E-state index contributed by atoms with van der Waals surface area (Å²) in [5.74, 6) is -0.322. The highest BCUT2D eigenvalue weighted by molar-refractivity contribution is 5.90. The lowest BCUT2D eigenvalue weighted by Gasteiger charge is -2.04. The van der Waals surface area contributed by atoms with E-state index >= 15 is 0 Å². The Labute approximate surface area is 116 Å². The van der Waals surface area contributed by atoms with E-state index in [1.807, 2.05) is 24.3 Å². The van der Waals surface area contributed by atoms with Gasteiger partial charge in [-0.1, -0.05) is 41.5 Å². The fourth-order valence-electron chi connectivity index (χ4n) is 1.79. The van der Waals surface area contributed by atoms with Gasteiger partial charge in [-0.05, 0) is 35.7 Å². The second-order valence-corrected chi connectivity index (χ2v) is 4.03. The Morgan fingerprint density at radius 1 is 1.10 bits per heavy atom. The average molecular weight is 267 g/mol. The van der Waals surface area contributed by atoms with Gasteiger partial charge in [0.05, 0.1) is 12.2 Å². The monoisotopic (exact) mass is 267 g/mol. The first kappa shape index (κ1) is 13.6. The molecule has 0 spiro atoms. The third-order valence-electron chi connectivity index (χ3n) is 2.76. The lowest BCUT2D eigenvalue weighted by molar-refractivity contribution is 0.0526. The number of carbonyl (C=O) groups is 1. The molecule has 2 aromatic carbocycles. The molecule has 0 aromatic heterocycles. The minimum Gasteiger partial charge on any atom is -0.462 e. The van der Waals surface area contributed by atoms with E-state index < -0.39 is 0 Å². The molecule has 0 radical (unpaired) electrons. The molecule has 0 fully saturated rings. The number of benzene rings is 2. The third kappa shape index (κ3) is 3.16. The number of nitrogens with zero attached hydrogens (tertiary/aromatic N) is 3. The lowest BCUT2D eigenvalue weighted by Crippen LogP contribution is -2.03. The lowest BCUT2D eigenvalue weighted by atomic mass is 10.0. The summed E-state index contributed by atoms with van der Waals surface area (Å²) in [4.78, 5) is 14.3. The van der Waals surface area contributed by atoms with Crippen LogP contribution in [0.3, 0.4) is 0 Å². The van der Waals surface area contributed by atoms with Crippen molar-refractivity contribution in [1.82, 2.24) is 0 Å². The van der Waals surface area contributed by atoms with Crippen LogP contribution < -0.4 is 0 Å². The molecule has 0 atom stereocenters. The molecule has 0 aliphatic carbocycles. The Bertz CT molecular complexity index is 642. The van der Waals surface area contributed by atoms with Crippen molar-refractivity contribution in [2.75, 3.05) is 6.61 Å². The molecule has 5 heteroatoms. The maximum absolute atomic E-state index is 11.5. The number of rotatable bonds is 4. The highest BCUT2D eigenvalue weighted by Crippen LogP contribution is 2.23. The maximum atomic E-state index is 11.5. The van der Waals surface area contributed by atoms with Gasteiger partial charge in [0.15, 0.2) is 0 Å². The van der Waals surface area contributed by atoms with Crippen LogP contribution in [0, 0.1) is 0 Å². The van der Waals surface area contributed by atoms with Crippen LogP contribution in [0.2, 0.25) is 0 Å². The van der Waals surface area contributed by atoms with Crippen molar-refractivity contribution in [3.05, 3.63) is 64.5 Å². The van der Waals surface area contributed by atoms with Crippen molar-refractivity contribution in [3.63, 3.8) is 0 Å². The molecular formula is C15H13N3O2. The Morgan fingerprint density at radius 2 is 1.65 bits per heavy atom. The number of hydrogen-bond acceptors (Lipinski definition) is 3. The molecule has 2 aromatic rings. The van der Waals surface area contributed by atoms with Crippen molar-refractivity contribution in [1.29, 1.82) is 0 Å². The van der Waals surface area contributed by atoms with E-state index in [-0.39, 0.29) is 5.97 Å². The summed E-state index contributed by atoms with van der Waals surface area (Å²) in [6.07, 6.45) is 0. The van der Waals surface area contributed by atoms with Crippen LogP contribution in [0.5, 0.6) is 0 Å². The van der Waals surface area contributed by atoms with Gasteiger partial charge >= 0.3 is 5.97 Å². The van der Waals surface area contributed by atoms with E-state index in [0.717, 1.165) is 11.1 Å². The molecule has 0 saturated carbocycles. The first-order chi connectivity index (χ1) is 9.74. The smallest absolute Gasteiger partial charge is 0.338 e. The van der Waals surface area contributed by atoms with Crippen LogP contribution in [-0.2, 0) is 4.74 Å². The van der Waals surface area contributed by atoms with E-state index in [1.165, 1.54) is 0 Å². The van der Waals surface area contributed by atoms with Crippen LogP contribution in [0.15, 0.2) is 53.6 Å². The SMILES string of the molecule is CCOC(=O)c1ccc(-c2ccc(N=[N+]=[N-])cc2)cc1. The highest BCUT2D eigenvalue weighted by atomic mass is 16.5. The summed E-state index contributed by atoms with van der Waals surface area (Å²) in [5, 5.41) is 3.52. The van der Waals surface area contributed by atoms with Crippen molar-refractivity contribution in [3.8, 4) is 11.1 Å². The summed E-state index contributed by atoms with van der Waals surface area (Å²) < 4.78 is 4.93.